The minimum absolute atomic E-state index is 0.0533. The van der Waals surface area contributed by atoms with Crippen molar-refractivity contribution in [3.63, 3.8) is 0 Å². The van der Waals surface area contributed by atoms with Crippen LogP contribution >= 0.6 is 0 Å². The topological polar surface area (TPSA) is 99.7 Å². The molecule has 0 spiro atoms. The third-order valence-corrected chi connectivity index (χ3v) is 2.52. The van der Waals surface area contributed by atoms with Crippen molar-refractivity contribution in [1.29, 1.82) is 0 Å². The maximum atomic E-state index is 11.5. The summed E-state index contributed by atoms with van der Waals surface area (Å²) < 4.78 is 0. The molecule has 17 heavy (non-hydrogen) atoms. The lowest BCUT2D eigenvalue weighted by molar-refractivity contribution is -0.124. The molecule has 0 radical (unpaired) electrons. The molecule has 3 amide bonds. The van der Waals surface area contributed by atoms with Gasteiger partial charge in [-0.25, -0.2) is 5.43 Å². The molecule has 0 unspecified atom stereocenters. The van der Waals surface area contributed by atoms with Crippen molar-refractivity contribution in [2.45, 2.75) is 31.7 Å². The second-order valence-corrected chi connectivity index (χ2v) is 4.12. The molecule has 2 rings (SSSR count). The Kier molecular flexibility index (Phi) is 3.36. The lowest BCUT2D eigenvalue weighted by Gasteiger charge is -2.11. The number of carbonyl (C=O) groups is 3. The monoisotopic (exact) mass is 238 g/mol. The zero-order valence-electron chi connectivity index (χ0n) is 9.28. The fourth-order valence-corrected chi connectivity index (χ4v) is 1.41. The van der Waals surface area contributed by atoms with E-state index in [-0.39, 0.29) is 36.5 Å². The van der Waals surface area contributed by atoms with Gasteiger partial charge < -0.3 is 10.6 Å². The van der Waals surface area contributed by atoms with Crippen LogP contribution in [0, 0.1) is 0 Å². The molecule has 1 heterocycles. The van der Waals surface area contributed by atoms with Gasteiger partial charge in [0, 0.05) is 18.9 Å². The van der Waals surface area contributed by atoms with E-state index in [0.717, 1.165) is 12.8 Å². The van der Waals surface area contributed by atoms with E-state index in [1.54, 1.807) is 0 Å². The molecule has 2 aliphatic rings. The number of rotatable bonds is 4. The summed E-state index contributed by atoms with van der Waals surface area (Å²) in [5.74, 6) is -0.801. The Morgan fingerprint density at radius 2 is 2.12 bits per heavy atom. The summed E-state index contributed by atoms with van der Waals surface area (Å²) in [6.07, 6.45) is 2.58. The molecule has 0 aromatic rings. The molecule has 0 aromatic carbocycles. The number of hydrogen-bond donors (Lipinski definition) is 3. The zero-order chi connectivity index (χ0) is 12.3. The van der Waals surface area contributed by atoms with Crippen molar-refractivity contribution in [1.82, 2.24) is 16.1 Å². The van der Waals surface area contributed by atoms with Gasteiger partial charge in [-0.05, 0) is 12.8 Å². The number of nitrogens with zero attached hydrogens (tertiary/aromatic N) is 1. The zero-order valence-corrected chi connectivity index (χ0v) is 9.28. The van der Waals surface area contributed by atoms with Crippen LogP contribution < -0.4 is 16.1 Å². The van der Waals surface area contributed by atoms with Crippen LogP contribution in [0.2, 0.25) is 0 Å². The second kappa shape index (κ2) is 4.94. The quantitative estimate of drug-likeness (QED) is 0.564. The maximum Gasteiger partial charge on any atom is 0.267 e. The Bertz CT molecular complexity index is 387. The molecule has 0 aromatic heterocycles. The third kappa shape index (κ3) is 3.54. The van der Waals surface area contributed by atoms with E-state index < -0.39 is 5.91 Å². The number of nitrogens with one attached hydrogen (secondary N) is 3. The smallest absolute Gasteiger partial charge is 0.267 e. The third-order valence-electron chi connectivity index (χ3n) is 2.52. The van der Waals surface area contributed by atoms with Gasteiger partial charge in [-0.2, -0.15) is 5.10 Å². The molecular formula is C10H14N4O3. The summed E-state index contributed by atoms with van der Waals surface area (Å²) in [5.41, 5.74) is 2.48. The minimum atomic E-state index is -0.407. The first kappa shape index (κ1) is 11.6. The van der Waals surface area contributed by atoms with Crippen molar-refractivity contribution in [3.05, 3.63) is 0 Å². The summed E-state index contributed by atoms with van der Waals surface area (Å²) in [7, 11) is 0. The summed E-state index contributed by atoms with van der Waals surface area (Å²) in [6, 6.07) is 0.283. The first-order chi connectivity index (χ1) is 8.15. The molecule has 1 aliphatic carbocycles. The Labute approximate surface area is 98.0 Å². The lowest BCUT2D eigenvalue weighted by atomic mass is 10.1. The molecule has 7 heteroatoms. The SMILES string of the molecule is O=C1CCC(C(=O)NCC(=O)NC2CC2)=NN1. The molecule has 0 bridgehead atoms. The summed E-state index contributed by atoms with van der Waals surface area (Å²) >= 11 is 0. The van der Waals surface area contributed by atoms with Crippen LogP contribution in [0.5, 0.6) is 0 Å². The van der Waals surface area contributed by atoms with Crippen LogP contribution in [0.1, 0.15) is 25.7 Å². The molecule has 1 aliphatic heterocycles. The van der Waals surface area contributed by atoms with Crippen molar-refractivity contribution in [3.8, 4) is 0 Å². The number of amides is 3. The first-order valence-electron chi connectivity index (χ1n) is 5.58. The predicted molar refractivity (Wildman–Crippen MR) is 59.0 cm³/mol. The maximum absolute atomic E-state index is 11.5. The minimum Gasteiger partial charge on any atom is -0.352 e. The second-order valence-electron chi connectivity index (χ2n) is 4.12. The lowest BCUT2D eigenvalue weighted by Crippen LogP contribution is -2.42. The van der Waals surface area contributed by atoms with Crippen molar-refractivity contribution in [2.75, 3.05) is 6.54 Å². The van der Waals surface area contributed by atoms with E-state index in [9.17, 15) is 14.4 Å². The van der Waals surface area contributed by atoms with E-state index in [2.05, 4.69) is 21.2 Å². The van der Waals surface area contributed by atoms with Gasteiger partial charge in [0.05, 0.1) is 6.54 Å². The van der Waals surface area contributed by atoms with Crippen LogP contribution in [0.15, 0.2) is 5.10 Å². The van der Waals surface area contributed by atoms with Gasteiger partial charge in [0.1, 0.15) is 5.71 Å². The number of hydrazone groups is 1. The van der Waals surface area contributed by atoms with E-state index >= 15 is 0 Å². The molecule has 0 saturated heterocycles. The average Bonchev–Trinajstić information content (AvgIpc) is 3.11. The Morgan fingerprint density at radius 1 is 1.35 bits per heavy atom. The highest BCUT2D eigenvalue weighted by atomic mass is 16.2. The van der Waals surface area contributed by atoms with Gasteiger partial charge in [0.2, 0.25) is 11.8 Å². The van der Waals surface area contributed by atoms with Crippen LogP contribution in [0.25, 0.3) is 0 Å². The Hall–Kier alpha value is -1.92. The van der Waals surface area contributed by atoms with Gasteiger partial charge in [0.25, 0.3) is 5.91 Å². The highest BCUT2D eigenvalue weighted by Gasteiger charge is 2.24. The fourth-order valence-electron chi connectivity index (χ4n) is 1.41. The Morgan fingerprint density at radius 3 is 2.71 bits per heavy atom. The van der Waals surface area contributed by atoms with Gasteiger partial charge in [-0.1, -0.05) is 0 Å². The van der Waals surface area contributed by atoms with Crippen LogP contribution in [-0.4, -0.2) is 36.0 Å². The molecule has 0 atom stereocenters. The van der Waals surface area contributed by atoms with Crippen LogP contribution in [-0.2, 0) is 14.4 Å². The van der Waals surface area contributed by atoms with Crippen LogP contribution in [0.4, 0.5) is 0 Å². The first-order valence-corrected chi connectivity index (χ1v) is 5.58. The van der Waals surface area contributed by atoms with Gasteiger partial charge >= 0.3 is 0 Å². The average molecular weight is 238 g/mol. The predicted octanol–water partition coefficient (Wildman–Crippen LogP) is -1.35. The number of hydrogen-bond acceptors (Lipinski definition) is 4. The van der Waals surface area contributed by atoms with E-state index in [1.165, 1.54) is 0 Å². The standard InChI is InChI=1S/C10H14N4O3/c15-8-4-3-7(13-14-8)10(17)11-5-9(16)12-6-1-2-6/h6H,1-5H2,(H,11,17)(H,12,16)(H,14,15). The summed E-state index contributed by atoms with van der Waals surface area (Å²) in [4.78, 5) is 33.6. The van der Waals surface area contributed by atoms with Crippen molar-refractivity contribution in [2.24, 2.45) is 5.10 Å². The fraction of sp³-hybridized carbons (Fsp3) is 0.600. The van der Waals surface area contributed by atoms with Gasteiger partial charge in [-0.15, -0.1) is 0 Å². The highest BCUT2D eigenvalue weighted by molar-refractivity contribution is 6.39. The molecule has 1 saturated carbocycles. The van der Waals surface area contributed by atoms with E-state index in [1.807, 2.05) is 0 Å². The largest absolute Gasteiger partial charge is 0.352 e. The Balaban J connectivity index is 1.72. The molecular weight excluding hydrogens is 224 g/mol. The normalized spacial score (nSPS) is 19.1. The molecule has 3 N–H and O–H groups in total. The number of carbonyl (C=O) groups excluding carboxylic acids is 3. The van der Waals surface area contributed by atoms with Crippen LogP contribution in [0.3, 0.4) is 0 Å². The van der Waals surface area contributed by atoms with Crippen molar-refractivity contribution >= 4 is 23.4 Å². The summed E-state index contributed by atoms with van der Waals surface area (Å²) in [6.45, 7) is -0.0533. The molecule has 1 fully saturated rings. The molecule has 7 nitrogen and oxygen atoms in total. The van der Waals surface area contributed by atoms with Gasteiger partial charge in [0.15, 0.2) is 0 Å². The molecule has 92 valence electrons. The van der Waals surface area contributed by atoms with E-state index in [0.29, 0.717) is 6.42 Å². The summed E-state index contributed by atoms with van der Waals surface area (Å²) in [5, 5.41) is 8.86. The highest BCUT2D eigenvalue weighted by Crippen LogP contribution is 2.18. The van der Waals surface area contributed by atoms with Crippen molar-refractivity contribution < 1.29 is 14.4 Å². The van der Waals surface area contributed by atoms with Gasteiger partial charge in [-0.3, -0.25) is 14.4 Å². The van der Waals surface area contributed by atoms with E-state index in [4.69, 9.17) is 0 Å².